The van der Waals surface area contributed by atoms with Crippen LogP contribution in [0.15, 0.2) is 64.0 Å². The van der Waals surface area contributed by atoms with Crippen LogP contribution in [0.2, 0.25) is 0 Å². The van der Waals surface area contributed by atoms with Crippen LogP contribution in [0.25, 0.3) is 16.6 Å². The summed E-state index contributed by atoms with van der Waals surface area (Å²) in [5.74, 6) is 0.895. The fourth-order valence-corrected chi connectivity index (χ4v) is 3.57. The molecule has 6 heteroatoms. The molecule has 4 heterocycles. The number of amidine groups is 1. The summed E-state index contributed by atoms with van der Waals surface area (Å²) < 4.78 is 1.89. The highest BCUT2D eigenvalue weighted by atomic mass is 15.2. The molecule has 1 aromatic carbocycles. The molecule has 0 atom stereocenters. The third-order valence-electron chi connectivity index (χ3n) is 5.04. The summed E-state index contributed by atoms with van der Waals surface area (Å²) in [5, 5.41) is 8.79. The average Bonchev–Trinajstić information content (AvgIpc) is 3.08. The van der Waals surface area contributed by atoms with E-state index in [-0.39, 0.29) is 0 Å². The number of allylic oxidation sites excluding steroid dienone is 1. The van der Waals surface area contributed by atoms with Gasteiger partial charge >= 0.3 is 0 Å². The predicted molar refractivity (Wildman–Crippen MR) is 105 cm³/mol. The molecule has 3 aliphatic heterocycles. The maximum Gasteiger partial charge on any atom is 0.152 e. The van der Waals surface area contributed by atoms with E-state index in [4.69, 9.17) is 4.99 Å². The zero-order valence-electron chi connectivity index (χ0n) is 14.7. The molecule has 0 aliphatic carbocycles. The number of nitrogens with one attached hydrogen (secondary N) is 1. The van der Waals surface area contributed by atoms with Crippen molar-refractivity contribution in [2.45, 2.75) is 6.42 Å². The molecule has 0 saturated heterocycles. The first-order chi connectivity index (χ1) is 12.8. The van der Waals surface area contributed by atoms with Gasteiger partial charge in [0.05, 0.1) is 29.3 Å². The maximum atomic E-state index is 4.82. The molecular formula is C20H20N6. The Hall–Kier alpha value is -2.99. The first-order valence-corrected chi connectivity index (χ1v) is 8.91. The summed E-state index contributed by atoms with van der Waals surface area (Å²) >= 11 is 0. The lowest BCUT2D eigenvalue weighted by Gasteiger charge is -2.27. The number of nitrogens with zero attached hydrogens (tertiary/aromatic N) is 5. The van der Waals surface area contributed by atoms with E-state index in [1.165, 1.54) is 5.57 Å². The highest BCUT2D eigenvalue weighted by molar-refractivity contribution is 6.32. The van der Waals surface area contributed by atoms with Gasteiger partial charge in [-0.3, -0.25) is 9.67 Å². The molecular weight excluding hydrogens is 324 g/mol. The molecule has 0 spiro atoms. The molecule has 2 aromatic rings. The lowest BCUT2D eigenvalue weighted by molar-refractivity contribution is 0.610. The number of hydrogen-bond acceptors (Lipinski definition) is 5. The lowest BCUT2D eigenvalue weighted by Crippen LogP contribution is -2.33. The van der Waals surface area contributed by atoms with Crippen molar-refractivity contribution in [3.8, 4) is 0 Å². The van der Waals surface area contributed by atoms with Crippen molar-refractivity contribution in [1.29, 1.82) is 0 Å². The van der Waals surface area contributed by atoms with E-state index in [0.29, 0.717) is 0 Å². The minimum atomic E-state index is 0.806. The van der Waals surface area contributed by atoms with Gasteiger partial charge < -0.3 is 10.2 Å². The van der Waals surface area contributed by atoms with Gasteiger partial charge in [0.15, 0.2) is 5.84 Å². The van der Waals surface area contributed by atoms with Crippen LogP contribution in [0.1, 0.15) is 12.0 Å². The Balaban J connectivity index is 1.42. The highest BCUT2D eigenvalue weighted by Crippen LogP contribution is 2.27. The number of aromatic nitrogens is 2. The van der Waals surface area contributed by atoms with Crippen LogP contribution in [-0.2, 0) is 7.05 Å². The van der Waals surface area contributed by atoms with E-state index in [0.717, 1.165) is 59.8 Å². The van der Waals surface area contributed by atoms with Crippen LogP contribution in [0, 0.1) is 0 Å². The second-order valence-electron chi connectivity index (χ2n) is 6.71. The van der Waals surface area contributed by atoms with E-state index in [9.17, 15) is 0 Å². The van der Waals surface area contributed by atoms with Gasteiger partial charge in [-0.25, -0.2) is 4.99 Å². The van der Waals surface area contributed by atoms with Crippen molar-refractivity contribution in [3.63, 3.8) is 0 Å². The summed E-state index contributed by atoms with van der Waals surface area (Å²) in [6, 6.07) is 6.35. The summed E-state index contributed by atoms with van der Waals surface area (Å²) in [6.45, 7) is 2.74. The Labute approximate surface area is 151 Å². The zero-order valence-corrected chi connectivity index (χ0v) is 14.7. The molecule has 0 amide bonds. The molecule has 5 rings (SSSR count). The van der Waals surface area contributed by atoms with Crippen LogP contribution >= 0.6 is 0 Å². The van der Waals surface area contributed by atoms with E-state index >= 15 is 0 Å². The number of hydrogen-bond donors (Lipinski definition) is 1. The summed E-state index contributed by atoms with van der Waals surface area (Å²) in [6.07, 6.45) is 11.3. The number of aryl methyl sites for hydroxylation is 1. The standard InChI is InChI=1S/C20H20N6/c1-25-19-3-2-15(10-16(19)11-23-25)17-6-9-26-13-18(22-12-20(26)24-17)14-4-7-21-8-5-14/h2-4,6,10-13,21H,5,7-9H2,1H3. The third-order valence-corrected chi connectivity index (χ3v) is 5.04. The fourth-order valence-electron chi connectivity index (χ4n) is 3.57. The summed E-state index contributed by atoms with van der Waals surface area (Å²) in [7, 11) is 1.96. The van der Waals surface area contributed by atoms with Crippen molar-refractivity contribution < 1.29 is 0 Å². The molecule has 130 valence electrons. The first kappa shape index (κ1) is 15.3. The minimum absolute atomic E-state index is 0.806. The summed E-state index contributed by atoms with van der Waals surface area (Å²) in [5.41, 5.74) is 5.60. The van der Waals surface area contributed by atoms with E-state index in [1.54, 1.807) is 0 Å². The fraction of sp³-hybridized carbons (Fsp3) is 0.250. The molecule has 0 radical (unpaired) electrons. The van der Waals surface area contributed by atoms with E-state index in [1.807, 2.05) is 24.1 Å². The number of aliphatic imine (C=N–C) groups is 2. The molecule has 1 aromatic heterocycles. The lowest BCUT2D eigenvalue weighted by atomic mass is 10.1. The van der Waals surface area contributed by atoms with Crippen molar-refractivity contribution in [1.82, 2.24) is 20.0 Å². The number of rotatable bonds is 2. The average molecular weight is 344 g/mol. The minimum Gasteiger partial charge on any atom is -0.326 e. The quantitative estimate of drug-likeness (QED) is 0.910. The van der Waals surface area contributed by atoms with Gasteiger partial charge in [-0.2, -0.15) is 5.10 Å². The largest absolute Gasteiger partial charge is 0.326 e. The van der Waals surface area contributed by atoms with Crippen molar-refractivity contribution in [2.75, 3.05) is 19.6 Å². The van der Waals surface area contributed by atoms with Crippen molar-refractivity contribution in [3.05, 3.63) is 59.6 Å². The number of fused-ring (bicyclic) bond motifs is 2. The van der Waals surface area contributed by atoms with Gasteiger partial charge in [-0.1, -0.05) is 12.1 Å². The second kappa shape index (κ2) is 6.07. The Kier molecular flexibility index (Phi) is 3.57. The number of benzene rings is 1. The predicted octanol–water partition coefficient (Wildman–Crippen LogP) is 2.47. The van der Waals surface area contributed by atoms with Crippen LogP contribution in [0.3, 0.4) is 0 Å². The third kappa shape index (κ3) is 2.59. The maximum absolute atomic E-state index is 4.82. The monoisotopic (exact) mass is 344 g/mol. The van der Waals surface area contributed by atoms with Gasteiger partial charge in [-0.15, -0.1) is 0 Å². The Morgan fingerprint density at radius 2 is 2.12 bits per heavy atom. The first-order valence-electron chi connectivity index (χ1n) is 8.91. The molecule has 6 nitrogen and oxygen atoms in total. The second-order valence-corrected chi connectivity index (χ2v) is 6.71. The molecule has 3 aliphatic rings. The highest BCUT2D eigenvalue weighted by Gasteiger charge is 2.20. The Morgan fingerprint density at radius 3 is 3.00 bits per heavy atom. The Morgan fingerprint density at radius 1 is 1.15 bits per heavy atom. The molecule has 0 fully saturated rings. The normalized spacial score (nSPS) is 19.7. The van der Waals surface area contributed by atoms with Gasteiger partial charge in [0, 0.05) is 37.3 Å². The van der Waals surface area contributed by atoms with E-state index < -0.39 is 0 Å². The van der Waals surface area contributed by atoms with Crippen LogP contribution < -0.4 is 5.32 Å². The molecule has 0 bridgehead atoms. The van der Waals surface area contributed by atoms with Gasteiger partial charge in [0.2, 0.25) is 0 Å². The van der Waals surface area contributed by atoms with Crippen LogP contribution in [-0.4, -0.2) is 46.4 Å². The van der Waals surface area contributed by atoms with Gasteiger partial charge in [0.25, 0.3) is 0 Å². The SMILES string of the molecule is Cn1ncc2cc(C3=CCN4C=C(C5=CCNCC5)N=CC4=N3)ccc21. The molecule has 0 unspecified atom stereocenters. The van der Waals surface area contributed by atoms with Crippen molar-refractivity contribution >= 4 is 28.7 Å². The topological polar surface area (TPSA) is 57.8 Å². The summed E-state index contributed by atoms with van der Waals surface area (Å²) in [4.78, 5) is 11.6. The molecule has 0 saturated carbocycles. The van der Waals surface area contributed by atoms with Gasteiger partial charge in [-0.05, 0) is 36.7 Å². The van der Waals surface area contributed by atoms with Crippen molar-refractivity contribution in [2.24, 2.45) is 17.0 Å². The van der Waals surface area contributed by atoms with Gasteiger partial charge in [0.1, 0.15) is 0 Å². The van der Waals surface area contributed by atoms with Crippen LogP contribution in [0.4, 0.5) is 0 Å². The van der Waals surface area contributed by atoms with E-state index in [2.05, 4.69) is 56.9 Å². The zero-order chi connectivity index (χ0) is 17.5. The molecule has 26 heavy (non-hydrogen) atoms. The van der Waals surface area contributed by atoms with Crippen LogP contribution in [0.5, 0.6) is 0 Å². The Bertz CT molecular complexity index is 1030. The molecule has 1 N–H and O–H groups in total. The smallest absolute Gasteiger partial charge is 0.152 e.